The molecule has 1 saturated heterocycles. The van der Waals surface area contributed by atoms with Gasteiger partial charge < -0.3 is 4.90 Å². The summed E-state index contributed by atoms with van der Waals surface area (Å²) in [5, 5.41) is 0. The number of alkyl halides is 3. The summed E-state index contributed by atoms with van der Waals surface area (Å²) in [6.07, 6.45) is -4.25. The van der Waals surface area contributed by atoms with Crippen LogP contribution >= 0.6 is 0 Å². The lowest BCUT2D eigenvalue weighted by atomic mass is 9.91. The van der Waals surface area contributed by atoms with Gasteiger partial charge >= 0.3 is 6.18 Å². The van der Waals surface area contributed by atoms with E-state index in [1.54, 1.807) is 4.90 Å². The van der Waals surface area contributed by atoms with E-state index in [9.17, 15) is 26.4 Å². The summed E-state index contributed by atoms with van der Waals surface area (Å²) < 4.78 is 64.8. The average Bonchev–Trinajstić information content (AvgIpc) is 2.53. The minimum absolute atomic E-state index is 0.0476. The van der Waals surface area contributed by atoms with Crippen molar-refractivity contribution in [3.05, 3.63) is 29.8 Å². The molecule has 0 N–H and O–H groups in total. The maximum Gasteiger partial charge on any atom is 0.416 e. The third-order valence-corrected chi connectivity index (χ3v) is 5.97. The number of sulfonamides is 1. The number of piperazine rings is 1. The summed E-state index contributed by atoms with van der Waals surface area (Å²) in [5.41, 5.74) is -1.17. The van der Waals surface area contributed by atoms with Gasteiger partial charge in [-0.2, -0.15) is 17.5 Å². The van der Waals surface area contributed by atoms with Gasteiger partial charge in [0.25, 0.3) is 0 Å². The first-order chi connectivity index (χ1) is 11.8. The summed E-state index contributed by atoms with van der Waals surface area (Å²) in [6, 6.07) is 3.72. The van der Waals surface area contributed by atoms with Crippen LogP contribution in [0.5, 0.6) is 0 Å². The third-order valence-electron chi connectivity index (χ3n) is 4.07. The van der Waals surface area contributed by atoms with Crippen molar-refractivity contribution in [2.45, 2.75) is 38.3 Å². The molecule has 1 aliphatic heterocycles. The van der Waals surface area contributed by atoms with Crippen LogP contribution in [0.25, 0.3) is 0 Å². The van der Waals surface area contributed by atoms with Crippen molar-refractivity contribution in [3.8, 4) is 0 Å². The smallest absolute Gasteiger partial charge is 0.340 e. The molecule has 9 heteroatoms. The van der Waals surface area contributed by atoms with Crippen molar-refractivity contribution in [2.24, 2.45) is 5.41 Å². The van der Waals surface area contributed by atoms with Crippen LogP contribution in [0, 0.1) is 5.41 Å². The number of hydrogen-bond donors (Lipinski definition) is 0. The van der Waals surface area contributed by atoms with Gasteiger partial charge in [-0.15, -0.1) is 0 Å². The molecule has 1 amide bonds. The van der Waals surface area contributed by atoms with E-state index in [0.29, 0.717) is 12.5 Å². The Morgan fingerprint density at radius 3 is 2.15 bits per heavy atom. The van der Waals surface area contributed by atoms with Gasteiger partial charge in [0.05, 0.1) is 10.5 Å². The highest BCUT2D eigenvalue weighted by atomic mass is 32.2. The van der Waals surface area contributed by atoms with Gasteiger partial charge in [0.15, 0.2) is 0 Å². The molecule has 0 atom stereocenters. The maximum atomic E-state index is 12.8. The highest BCUT2D eigenvalue weighted by molar-refractivity contribution is 7.89. The van der Waals surface area contributed by atoms with E-state index >= 15 is 0 Å². The Bertz CT molecular complexity index is 762. The number of carbonyl (C=O) groups is 1. The van der Waals surface area contributed by atoms with Gasteiger partial charge in [0.1, 0.15) is 0 Å². The van der Waals surface area contributed by atoms with E-state index in [2.05, 4.69) is 0 Å². The first kappa shape index (κ1) is 20.7. The Hall–Kier alpha value is -1.61. The molecule has 2 rings (SSSR count). The van der Waals surface area contributed by atoms with Gasteiger partial charge in [-0.25, -0.2) is 8.42 Å². The van der Waals surface area contributed by atoms with Crippen molar-refractivity contribution >= 4 is 15.9 Å². The Kier molecular flexibility index (Phi) is 5.72. The number of nitrogens with zero attached hydrogens (tertiary/aromatic N) is 2. The lowest BCUT2D eigenvalue weighted by Gasteiger charge is -2.35. The minimum Gasteiger partial charge on any atom is -0.340 e. The molecule has 0 radical (unpaired) electrons. The van der Waals surface area contributed by atoms with Gasteiger partial charge in [0, 0.05) is 32.6 Å². The number of rotatable bonds is 3. The normalized spacial score (nSPS) is 17.4. The summed E-state index contributed by atoms with van der Waals surface area (Å²) >= 11 is 0. The lowest BCUT2D eigenvalue weighted by molar-refractivity contribution is -0.138. The average molecular weight is 392 g/mol. The number of halogens is 3. The summed E-state index contributed by atoms with van der Waals surface area (Å²) in [6.45, 7) is 6.42. The van der Waals surface area contributed by atoms with Crippen LogP contribution in [-0.4, -0.2) is 49.7 Å². The zero-order valence-electron chi connectivity index (χ0n) is 15.0. The fourth-order valence-corrected chi connectivity index (χ4v) is 4.19. The van der Waals surface area contributed by atoms with Crippen LogP contribution in [0.1, 0.15) is 32.8 Å². The number of amides is 1. The summed E-state index contributed by atoms with van der Waals surface area (Å²) in [4.78, 5) is 13.4. The van der Waals surface area contributed by atoms with Crippen molar-refractivity contribution in [3.63, 3.8) is 0 Å². The second-order valence-electron chi connectivity index (χ2n) is 7.55. The van der Waals surface area contributed by atoms with Gasteiger partial charge in [-0.05, 0) is 23.6 Å². The van der Waals surface area contributed by atoms with Crippen LogP contribution in [0.15, 0.2) is 29.2 Å². The van der Waals surface area contributed by atoms with Crippen LogP contribution in [0.3, 0.4) is 0 Å². The monoisotopic (exact) mass is 392 g/mol. The predicted molar refractivity (Wildman–Crippen MR) is 90.9 cm³/mol. The van der Waals surface area contributed by atoms with Gasteiger partial charge in [-0.3, -0.25) is 4.79 Å². The van der Waals surface area contributed by atoms with Crippen molar-refractivity contribution in [1.82, 2.24) is 9.21 Å². The molecular formula is C17H23F3N2O3S. The van der Waals surface area contributed by atoms with Crippen molar-refractivity contribution in [2.75, 3.05) is 26.2 Å². The fourth-order valence-electron chi connectivity index (χ4n) is 2.73. The van der Waals surface area contributed by atoms with E-state index in [4.69, 9.17) is 0 Å². The molecule has 5 nitrogen and oxygen atoms in total. The number of carbonyl (C=O) groups excluding carboxylic acids is 1. The second kappa shape index (κ2) is 7.19. The lowest BCUT2D eigenvalue weighted by Crippen LogP contribution is -2.51. The number of benzene rings is 1. The third kappa shape index (κ3) is 4.97. The van der Waals surface area contributed by atoms with Crippen molar-refractivity contribution in [1.29, 1.82) is 0 Å². The fraction of sp³-hybridized carbons (Fsp3) is 0.588. The topological polar surface area (TPSA) is 57.7 Å². The minimum atomic E-state index is -4.61. The first-order valence-corrected chi connectivity index (χ1v) is 9.70. The Morgan fingerprint density at radius 1 is 1.08 bits per heavy atom. The maximum absolute atomic E-state index is 12.8. The zero-order valence-corrected chi connectivity index (χ0v) is 15.8. The van der Waals surface area contributed by atoms with E-state index in [0.717, 1.165) is 22.5 Å². The highest BCUT2D eigenvalue weighted by Crippen LogP contribution is 2.31. The molecule has 1 fully saturated rings. The van der Waals surface area contributed by atoms with Crippen LogP contribution in [-0.2, 0) is 21.0 Å². The molecule has 0 bridgehead atoms. The molecule has 1 heterocycles. The van der Waals surface area contributed by atoms with E-state index < -0.39 is 21.8 Å². The Balaban J connectivity index is 2.10. The molecule has 1 aromatic carbocycles. The van der Waals surface area contributed by atoms with Gasteiger partial charge in [0.2, 0.25) is 15.9 Å². The van der Waals surface area contributed by atoms with E-state index in [1.807, 2.05) is 20.8 Å². The SMILES string of the molecule is CC(C)(C)CC(=O)N1CCN(S(=O)(=O)c2cccc(C(F)(F)F)c2)CC1. The largest absolute Gasteiger partial charge is 0.416 e. The molecule has 1 aliphatic rings. The molecular weight excluding hydrogens is 369 g/mol. The second-order valence-corrected chi connectivity index (χ2v) is 9.49. The van der Waals surface area contributed by atoms with E-state index in [-0.39, 0.29) is 42.4 Å². The van der Waals surface area contributed by atoms with Crippen LogP contribution < -0.4 is 0 Å². The molecule has 26 heavy (non-hydrogen) atoms. The molecule has 0 unspecified atom stereocenters. The summed E-state index contributed by atoms with van der Waals surface area (Å²) in [5.74, 6) is -0.0476. The molecule has 0 aromatic heterocycles. The standard InChI is InChI=1S/C17H23F3N2O3S/c1-16(2,3)12-15(23)21-7-9-22(10-8-21)26(24,25)14-6-4-5-13(11-14)17(18,19)20/h4-6,11H,7-10,12H2,1-3H3. The molecule has 1 aromatic rings. The molecule has 0 spiro atoms. The quantitative estimate of drug-likeness (QED) is 0.795. The highest BCUT2D eigenvalue weighted by Gasteiger charge is 2.34. The Labute approximate surface area is 151 Å². The number of hydrogen-bond acceptors (Lipinski definition) is 3. The Morgan fingerprint density at radius 2 is 1.65 bits per heavy atom. The van der Waals surface area contributed by atoms with Crippen molar-refractivity contribution < 1.29 is 26.4 Å². The predicted octanol–water partition coefficient (Wildman–Crippen LogP) is 2.97. The first-order valence-electron chi connectivity index (χ1n) is 8.26. The van der Waals surface area contributed by atoms with Gasteiger partial charge in [-0.1, -0.05) is 26.8 Å². The molecule has 0 saturated carbocycles. The molecule has 146 valence electrons. The zero-order chi connectivity index (χ0) is 19.8. The van der Waals surface area contributed by atoms with Crippen LogP contribution in [0.2, 0.25) is 0 Å². The van der Waals surface area contributed by atoms with Crippen LogP contribution in [0.4, 0.5) is 13.2 Å². The summed E-state index contributed by atoms with van der Waals surface area (Å²) in [7, 11) is -4.03. The van der Waals surface area contributed by atoms with E-state index in [1.165, 1.54) is 0 Å². The molecule has 0 aliphatic carbocycles.